The van der Waals surface area contributed by atoms with Gasteiger partial charge in [0.15, 0.2) is 11.6 Å². The number of thiophene rings is 1. The molecule has 10 rings (SSSR count). The lowest BCUT2D eigenvalue weighted by atomic mass is 10.1. The van der Waals surface area contributed by atoms with Gasteiger partial charge >= 0.3 is 0 Å². The summed E-state index contributed by atoms with van der Waals surface area (Å²) >= 11 is 1.63. The van der Waals surface area contributed by atoms with E-state index in [0.717, 1.165) is 30.9 Å². The molecule has 0 spiro atoms. The number of aromatic nitrogens is 4. The monoisotopic (exact) mass is 606 g/mol. The van der Waals surface area contributed by atoms with Gasteiger partial charge in [0, 0.05) is 47.3 Å². The summed E-state index contributed by atoms with van der Waals surface area (Å²) in [7, 11) is 0. The lowest BCUT2D eigenvalue weighted by Crippen LogP contribution is -2.06. The Hall–Kier alpha value is -5.85. The first-order chi connectivity index (χ1) is 27.3. The van der Waals surface area contributed by atoms with Crippen LogP contribution in [0.1, 0.15) is 16.4 Å². The highest BCUT2D eigenvalue weighted by atomic mass is 32.1. The van der Waals surface area contributed by atoms with Crippen molar-refractivity contribution in [1.82, 2.24) is 19.5 Å². The number of para-hydroxylation sites is 3. The highest BCUT2D eigenvalue weighted by Crippen LogP contribution is 2.43. The molecule has 45 heavy (non-hydrogen) atoms. The number of benzene rings is 6. The summed E-state index contributed by atoms with van der Waals surface area (Å²) < 4.78 is 113. The van der Waals surface area contributed by atoms with E-state index >= 15 is 0 Å². The third-order valence-electron chi connectivity index (χ3n) is 7.89. The van der Waals surface area contributed by atoms with Crippen molar-refractivity contribution in [2.24, 2.45) is 0 Å². The summed E-state index contributed by atoms with van der Waals surface area (Å²) in [6.07, 6.45) is 0. The van der Waals surface area contributed by atoms with Crippen molar-refractivity contribution in [3.63, 3.8) is 0 Å². The molecule has 0 saturated heterocycles. The standard InChI is InChI=1S/C39H22N4OS/c1-2-11-23(12-3-1)37-40-38(29-17-10-16-26-24-13-5-8-19-32(24)44-35(26)29)42-39(41-37)43-30-18-7-4-15-28(30)34-31(43)22-21-27-25-14-6-9-20-33(25)45-36(27)34/h1-22H/i1D,2D,3D,5D,8D,10D,11D,12D,13D,16D,17D,19D. The highest BCUT2D eigenvalue weighted by molar-refractivity contribution is 7.26. The second-order valence-electron chi connectivity index (χ2n) is 10.3. The van der Waals surface area contributed by atoms with Crippen LogP contribution in [0.5, 0.6) is 0 Å². The average molecular weight is 607 g/mol. The molecule has 4 heterocycles. The Bertz CT molecular complexity index is 3440. The summed E-state index contributed by atoms with van der Waals surface area (Å²) in [6, 6.07) is 12.6. The molecule has 0 saturated carbocycles. The smallest absolute Gasteiger partial charge is 0.238 e. The molecule has 5 nitrogen and oxygen atoms in total. The molecule has 0 aliphatic heterocycles. The summed E-state index contributed by atoms with van der Waals surface area (Å²) in [4.78, 5) is 14.2. The number of furan rings is 1. The first-order valence-corrected chi connectivity index (χ1v) is 14.7. The van der Waals surface area contributed by atoms with E-state index in [0.29, 0.717) is 11.0 Å². The van der Waals surface area contributed by atoms with Gasteiger partial charge in [-0.1, -0.05) is 103 Å². The fraction of sp³-hybridized carbons (Fsp3) is 0. The molecule has 6 aromatic carbocycles. The molecular weight excluding hydrogens is 573 g/mol. The number of nitrogens with zero attached hydrogens (tertiary/aromatic N) is 4. The number of rotatable bonds is 3. The zero-order chi connectivity index (χ0) is 39.9. The fourth-order valence-electron chi connectivity index (χ4n) is 5.99. The predicted molar refractivity (Wildman–Crippen MR) is 185 cm³/mol. The van der Waals surface area contributed by atoms with Gasteiger partial charge in [-0.3, -0.25) is 4.57 Å². The molecule has 210 valence electrons. The van der Waals surface area contributed by atoms with Crippen LogP contribution in [0.4, 0.5) is 0 Å². The van der Waals surface area contributed by atoms with Crippen LogP contribution in [0.3, 0.4) is 0 Å². The summed E-state index contributed by atoms with van der Waals surface area (Å²) in [5.41, 5.74) is 0.156. The molecule has 0 bridgehead atoms. The van der Waals surface area contributed by atoms with Crippen LogP contribution in [0, 0.1) is 0 Å². The largest absolute Gasteiger partial charge is 0.455 e. The second-order valence-corrected chi connectivity index (χ2v) is 11.4. The van der Waals surface area contributed by atoms with Crippen LogP contribution in [0.2, 0.25) is 0 Å². The molecule has 10 aromatic rings. The molecule has 4 aromatic heterocycles. The molecule has 0 fully saturated rings. The third-order valence-corrected chi connectivity index (χ3v) is 9.09. The highest BCUT2D eigenvalue weighted by Gasteiger charge is 2.22. The quantitative estimate of drug-likeness (QED) is 0.201. The maximum absolute atomic E-state index is 9.13. The molecular formula is C39H22N4OS. The van der Waals surface area contributed by atoms with E-state index in [1.165, 1.54) is 0 Å². The molecule has 0 atom stereocenters. The van der Waals surface area contributed by atoms with Crippen molar-refractivity contribution in [2.45, 2.75) is 0 Å². The van der Waals surface area contributed by atoms with Crippen molar-refractivity contribution in [3.05, 3.63) is 133 Å². The van der Waals surface area contributed by atoms with E-state index in [-0.39, 0.29) is 50.7 Å². The van der Waals surface area contributed by atoms with Crippen LogP contribution in [0.15, 0.2) is 138 Å². The lowest BCUT2D eigenvalue weighted by molar-refractivity contribution is 0.669. The van der Waals surface area contributed by atoms with Crippen molar-refractivity contribution in [1.29, 1.82) is 0 Å². The fourth-order valence-corrected chi connectivity index (χ4v) is 7.25. The molecule has 0 N–H and O–H groups in total. The average Bonchev–Trinajstić information content (AvgIpc) is 3.90. The van der Waals surface area contributed by atoms with E-state index in [1.54, 1.807) is 15.9 Å². The number of fused-ring (bicyclic) bond motifs is 10. The minimum absolute atomic E-state index is 0.0668. The Labute approximate surface area is 277 Å². The van der Waals surface area contributed by atoms with Crippen LogP contribution in [-0.4, -0.2) is 19.5 Å². The summed E-state index contributed by atoms with van der Waals surface area (Å²) in [5.74, 6) is -0.744. The SMILES string of the molecule is [2H]c1c([2H])c([2H])c(-c2nc(-c3c([2H])c([2H])c([2H])c4c3oc3c([2H])c([2H])c([2H])c([2H])c34)nc(-n3c4ccccc4c4c5sc6ccccc6c5ccc43)n2)c([2H])c1[2H]. The lowest BCUT2D eigenvalue weighted by Gasteiger charge is -2.11. The van der Waals surface area contributed by atoms with Gasteiger partial charge in [0.2, 0.25) is 5.95 Å². The van der Waals surface area contributed by atoms with Gasteiger partial charge in [-0.2, -0.15) is 9.97 Å². The van der Waals surface area contributed by atoms with E-state index in [2.05, 4.69) is 17.1 Å². The van der Waals surface area contributed by atoms with Crippen molar-refractivity contribution >= 4 is 75.3 Å². The van der Waals surface area contributed by atoms with E-state index in [9.17, 15) is 0 Å². The molecule has 0 amide bonds. The van der Waals surface area contributed by atoms with Gasteiger partial charge in [-0.15, -0.1) is 11.3 Å². The third kappa shape index (κ3) is 3.57. The summed E-state index contributed by atoms with van der Waals surface area (Å²) in [6.45, 7) is 0. The van der Waals surface area contributed by atoms with Gasteiger partial charge < -0.3 is 4.42 Å². The Kier molecular flexibility index (Phi) is 3.26. The topological polar surface area (TPSA) is 56.7 Å². The first-order valence-electron chi connectivity index (χ1n) is 19.9. The molecule has 0 radical (unpaired) electrons. The minimum atomic E-state index is -0.630. The second kappa shape index (κ2) is 9.32. The first kappa shape index (κ1) is 15.7. The zero-order valence-corrected chi connectivity index (χ0v) is 23.7. The molecule has 0 aliphatic rings. The Morgan fingerprint density at radius 3 is 2.31 bits per heavy atom. The predicted octanol–water partition coefficient (Wildman–Crippen LogP) is 10.6. The molecule has 0 unspecified atom stereocenters. The van der Waals surface area contributed by atoms with E-state index in [4.69, 9.17) is 30.8 Å². The van der Waals surface area contributed by atoms with Crippen molar-refractivity contribution < 1.29 is 20.9 Å². The van der Waals surface area contributed by atoms with Gasteiger partial charge in [0.25, 0.3) is 0 Å². The van der Waals surface area contributed by atoms with Crippen molar-refractivity contribution in [3.8, 4) is 28.7 Å². The Morgan fingerprint density at radius 2 is 1.38 bits per heavy atom. The summed E-state index contributed by atoms with van der Waals surface area (Å²) in [5, 5.41) is 3.56. The van der Waals surface area contributed by atoms with Crippen LogP contribution < -0.4 is 0 Å². The number of hydrogen-bond acceptors (Lipinski definition) is 5. The zero-order valence-electron chi connectivity index (χ0n) is 34.9. The normalized spacial score (nSPS) is 15.7. The van der Waals surface area contributed by atoms with Crippen LogP contribution in [-0.2, 0) is 0 Å². The maximum atomic E-state index is 9.13. The number of hydrogen-bond donors (Lipinski definition) is 0. The van der Waals surface area contributed by atoms with Gasteiger partial charge in [-0.05, 0) is 30.3 Å². The Balaban J connectivity index is 1.38. The van der Waals surface area contributed by atoms with E-state index in [1.807, 2.05) is 48.5 Å². The molecule has 6 heteroatoms. The maximum Gasteiger partial charge on any atom is 0.238 e. The van der Waals surface area contributed by atoms with Gasteiger partial charge in [-0.25, -0.2) is 4.98 Å². The van der Waals surface area contributed by atoms with Crippen LogP contribution >= 0.6 is 11.3 Å². The Morgan fingerprint density at radius 1 is 0.600 bits per heavy atom. The van der Waals surface area contributed by atoms with Crippen molar-refractivity contribution in [2.75, 3.05) is 0 Å². The van der Waals surface area contributed by atoms with Crippen LogP contribution in [0.25, 0.3) is 92.6 Å². The van der Waals surface area contributed by atoms with E-state index < -0.39 is 72.5 Å². The van der Waals surface area contributed by atoms with Gasteiger partial charge in [0.1, 0.15) is 11.2 Å². The van der Waals surface area contributed by atoms with Gasteiger partial charge in [0.05, 0.1) is 33.0 Å². The molecule has 0 aliphatic carbocycles. The minimum Gasteiger partial charge on any atom is -0.455 e.